The van der Waals surface area contributed by atoms with Gasteiger partial charge in [0.15, 0.2) is 0 Å². The molecule has 0 saturated heterocycles. The highest BCUT2D eigenvalue weighted by Crippen LogP contribution is 2.43. The minimum Gasteiger partial charge on any atom is -0.369 e. The van der Waals surface area contributed by atoms with Gasteiger partial charge in [0.25, 0.3) is 0 Å². The van der Waals surface area contributed by atoms with Gasteiger partial charge in [-0.15, -0.1) is 0 Å². The van der Waals surface area contributed by atoms with Crippen molar-refractivity contribution in [3.05, 3.63) is 64.0 Å². The SMILES string of the molecule is Cc1cc(N2CCc3cc(F)ccc3C2(C)C)cc(C)c1C(C(N)=O)C(C)(C)C. The van der Waals surface area contributed by atoms with Crippen LogP contribution in [0.25, 0.3) is 0 Å². The van der Waals surface area contributed by atoms with E-state index >= 15 is 0 Å². The second kappa shape index (κ2) is 7.16. The van der Waals surface area contributed by atoms with Crippen LogP contribution in [0.5, 0.6) is 0 Å². The average Bonchev–Trinajstić information content (AvgIpc) is 2.55. The molecule has 29 heavy (non-hydrogen) atoms. The summed E-state index contributed by atoms with van der Waals surface area (Å²) in [5, 5.41) is 0. The lowest BCUT2D eigenvalue weighted by molar-refractivity contribution is -0.121. The van der Waals surface area contributed by atoms with E-state index in [0.717, 1.165) is 46.5 Å². The summed E-state index contributed by atoms with van der Waals surface area (Å²) in [4.78, 5) is 14.7. The molecule has 2 aromatic rings. The molecule has 0 saturated carbocycles. The highest BCUT2D eigenvalue weighted by Gasteiger charge is 2.37. The van der Waals surface area contributed by atoms with E-state index in [9.17, 15) is 9.18 Å². The number of rotatable bonds is 3. The normalized spacial score (nSPS) is 17.0. The lowest BCUT2D eigenvalue weighted by Crippen LogP contribution is -2.47. The maximum Gasteiger partial charge on any atom is 0.225 e. The molecule has 1 aliphatic heterocycles. The molecule has 1 atom stereocenters. The first-order valence-electron chi connectivity index (χ1n) is 10.3. The number of anilines is 1. The zero-order chi connectivity index (χ0) is 21.7. The van der Waals surface area contributed by atoms with Crippen LogP contribution in [0.15, 0.2) is 30.3 Å². The van der Waals surface area contributed by atoms with Gasteiger partial charge in [0, 0.05) is 12.2 Å². The van der Waals surface area contributed by atoms with Gasteiger partial charge in [0.1, 0.15) is 5.82 Å². The standard InChI is InChI=1S/C25H33FN2O/c1-15-12-19(13-16(2)21(15)22(23(27)29)24(3,4)5)28-11-10-17-14-18(26)8-9-20(17)25(28,6)7/h8-9,12-14,22H,10-11H2,1-7H3,(H2,27,29). The molecule has 1 aliphatic rings. The lowest BCUT2D eigenvalue weighted by Gasteiger charge is -2.46. The third-order valence-electron chi connectivity index (χ3n) is 6.34. The Bertz CT molecular complexity index is 933. The van der Waals surface area contributed by atoms with Crippen molar-refractivity contribution in [2.75, 3.05) is 11.4 Å². The van der Waals surface area contributed by atoms with E-state index in [2.05, 4.69) is 65.5 Å². The summed E-state index contributed by atoms with van der Waals surface area (Å²) < 4.78 is 13.7. The minimum absolute atomic E-state index is 0.177. The van der Waals surface area contributed by atoms with Crippen LogP contribution in [-0.4, -0.2) is 12.5 Å². The van der Waals surface area contributed by atoms with Crippen molar-refractivity contribution in [1.82, 2.24) is 0 Å². The van der Waals surface area contributed by atoms with Gasteiger partial charge >= 0.3 is 0 Å². The average molecular weight is 397 g/mol. The summed E-state index contributed by atoms with van der Waals surface area (Å²) in [7, 11) is 0. The molecule has 1 unspecified atom stereocenters. The second-order valence-corrected chi connectivity index (χ2v) is 9.96. The van der Waals surface area contributed by atoms with Crippen molar-refractivity contribution >= 4 is 11.6 Å². The molecule has 0 fully saturated rings. The molecule has 2 aromatic carbocycles. The van der Waals surface area contributed by atoms with Crippen molar-refractivity contribution in [3.8, 4) is 0 Å². The van der Waals surface area contributed by atoms with Gasteiger partial charge in [-0.1, -0.05) is 26.8 Å². The molecule has 2 N–H and O–H groups in total. The van der Waals surface area contributed by atoms with E-state index in [1.807, 2.05) is 6.07 Å². The second-order valence-electron chi connectivity index (χ2n) is 9.96. The van der Waals surface area contributed by atoms with Gasteiger partial charge in [-0.3, -0.25) is 4.79 Å². The summed E-state index contributed by atoms with van der Waals surface area (Å²) in [5.74, 6) is -0.802. The molecule has 1 amide bonds. The number of hydrogen-bond donors (Lipinski definition) is 1. The quantitative estimate of drug-likeness (QED) is 0.760. The molecule has 3 rings (SSSR count). The summed E-state index contributed by atoms with van der Waals surface area (Å²) in [5.41, 5.74) is 11.9. The fourth-order valence-electron chi connectivity index (χ4n) is 5.04. The molecular weight excluding hydrogens is 363 g/mol. The van der Waals surface area contributed by atoms with Gasteiger partial charge in [0.05, 0.1) is 11.5 Å². The number of nitrogens with two attached hydrogens (primary N) is 1. The molecule has 0 spiro atoms. The van der Waals surface area contributed by atoms with Crippen LogP contribution in [0.4, 0.5) is 10.1 Å². The smallest absolute Gasteiger partial charge is 0.225 e. The molecule has 4 heteroatoms. The Hall–Kier alpha value is -2.36. The van der Waals surface area contributed by atoms with Crippen LogP contribution in [-0.2, 0) is 16.8 Å². The zero-order valence-corrected chi connectivity index (χ0v) is 18.7. The molecule has 0 radical (unpaired) electrons. The first-order valence-corrected chi connectivity index (χ1v) is 10.3. The summed E-state index contributed by atoms with van der Waals surface area (Å²) in [6.45, 7) is 15.5. The Morgan fingerprint density at radius 2 is 1.72 bits per heavy atom. The molecule has 3 nitrogen and oxygen atoms in total. The Labute approximate surface area is 174 Å². The summed E-state index contributed by atoms with van der Waals surface area (Å²) >= 11 is 0. The number of hydrogen-bond acceptors (Lipinski definition) is 2. The van der Waals surface area contributed by atoms with Crippen molar-refractivity contribution in [1.29, 1.82) is 0 Å². The zero-order valence-electron chi connectivity index (χ0n) is 18.7. The maximum atomic E-state index is 13.7. The van der Waals surface area contributed by atoms with Crippen molar-refractivity contribution in [3.63, 3.8) is 0 Å². The lowest BCUT2D eigenvalue weighted by atomic mass is 9.73. The monoisotopic (exact) mass is 396 g/mol. The Morgan fingerprint density at radius 3 is 2.24 bits per heavy atom. The van der Waals surface area contributed by atoms with Crippen LogP contribution < -0.4 is 10.6 Å². The predicted octanol–water partition coefficient (Wildman–Crippen LogP) is 5.36. The highest BCUT2D eigenvalue weighted by molar-refractivity contribution is 5.84. The topological polar surface area (TPSA) is 46.3 Å². The third-order valence-corrected chi connectivity index (χ3v) is 6.34. The van der Waals surface area contributed by atoms with E-state index in [4.69, 9.17) is 5.73 Å². The number of benzene rings is 2. The fourth-order valence-corrected chi connectivity index (χ4v) is 5.04. The first-order chi connectivity index (χ1) is 13.3. The van der Waals surface area contributed by atoms with Crippen LogP contribution in [0.1, 0.15) is 68.4 Å². The van der Waals surface area contributed by atoms with E-state index in [1.54, 1.807) is 12.1 Å². The van der Waals surface area contributed by atoms with Crippen LogP contribution in [0.3, 0.4) is 0 Å². The van der Waals surface area contributed by atoms with E-state index < -0.39 is 0 Å². The number of fused-ring (bicyclic) bond motifs is 1. The summed E-state index contributed by atoms with van der Waals surface area (Å²) in [6.07, 6.45) is 0.808. The van der Waals surface area contributed by atoms with Crippen LogP contribution >= 0.6 is 0 Å². The Morgan fingerprint density at radius 1 is 1.14 bits per heavy atom. The molecule has 0 aliphatic carbocycles. The van der Waals surface area contributed by atoms with Crippen molar-refractivity contribution < 1.29 is 9.18 Å². The van der Waals surface area contributed by atoms with Crippen molar-refractivity contribution in [2.24, 2.45) is 11.1 Å². The van der Waals surface area contributed by atoms with E-state index in [1.165, 1.54) is 0 Å². The number of amides is 1. The Kier molecular flexibility index (Phi) is 5.27. The summed E-state index contributed by atoms with van der Waals surface area (Å²) in [6, 6.07) is 9.45. The third kappa shape index (κ3) is 3.77. The van der Waals surface area contributed by atoms with Crippen LogP contribution in [0, 0.1) is 25.1 Å². The molecule has 156 valence electrons. The van der Waals surface area contributed by atoms with Gasteiger partial charge < -0.3 is 10.6 Å². The molecule has 0 bridgehead atoms. The maximum absolute atomic E-state index is 13.7. The van der Waals surface area contributed by atoms with Gasteiger partial charge in [-0.05, 0) is 91.6 Å². The molecule has 1 heterocycles. The fraction of sp³-hybridized carbons (Fsp3) is 0.480. The van der Waals surface area contributed by atoms with Crippen molar-refractivity contribution in [2.45, 2.75) is 66.3 Å². The largest absolute Gasteiger partial charge is 0.369 e. The predicted molar refractivity (Wildman–Crippen MR) is 118 cm³/mol. The van der Waals surface area contributed by atoms with E-state index in [0.29, 0.717) is 0 Å². The number of primary amides is 1. The number of halogens is 1. The van der Waals surface area contributed by atoms with Crippen LogP contribution in [0.2, 0.25) is 0 Å². The first kappa shape index (κ1) is 21.4. The molecular formula is C25H33FN2O. The van der Waals surface area contributed by atoms with Gasteiger partial charge in [-0.25, -0.2) is 4.39 Å². The number of aryl methyl sites for hydroxylation is 2. The van der Waals surface area contributed by atoms with Gasteiger partial charge in [0.2, 0.25) is 5.91 Å². The molecule has 0 aromatic heterocycles. The highest BCUT2D eigenvalue weighted by atomic mass is 19.1. The van der Waals surface area contributed by atoms with Gasteiger partial charge in [-0.2, -0.15) is 0 Å². The number of carbonyl (C=O) groups excluding carboxylic acids is 1. The van der Waals surface area contributed by atoms with E-state index in [-0.39, 0.29) is 28.6 Å². The Balaban J connectivity index is 2.08. The minimum atomic E-state index is -0.338. The number of carbonyl (C=O) groups is 1. The number of nitrogens with zero attached hydrogens (tertiary/aromatic N) is 1.